The van der Waals surface area contributed by atoms with Gasteiger partial charge < -0.3 is 26.0 Å². The van der Waals surface area contributed by atoms with Crippen molar-refractivity contribution in [3.63, 3.8) is 0 Å². The first-order valence-corrected chi connectivity index (χ1v) is 17.3. The van der Waals surface area contributed by atoms with E-state index in [1.807, 2.05) is 44.2 Å². The molecule has 0 radical (unpaired) electrons. The van der Waals surface area contributed by atoms with Crippen molar-refractivity contribution in [2.24, 2.45) is 5.92 Å². The van der Waals surface area contributed by atoms with E-state index in [9.17, 15) is 27.6 Å². The second-order valence-corrected chi connectivity index (χ2v) is 13.7. The van der Waals surface area contributed by atoms with Crippen molar-refractivity contribution < 1.29 is 32.3 Å². The summed E-state index contributed by atoms with van der Waals surface area (Å²) in [6.07, 6.45) is 1.57. The molecule has 0 fully saturated rings. The number of carbonyl (C=O) groups is 4. The number of sulfonamides is 1. The van der Waals surface area contributed by atoms with Crippen LogP contribution in [0.25, 0.3) is 0 Å². The topological polar surface area (TPSA) is 172 Å². The van der Waals surface area contributed by atoms with Gasteiger partial charge in [0, 0.05) is 31.5 Å². The third-order valence-corrected chi connectivity index (χ3v) is 8.09. The van der Waals surface area contributed by atoms with Crippen molar-refractivity contribution in [1.29, 1.82) is 0 Å². The summed E-state index contributed by atoms with van der Waals surface area (Å²) in [6, 6.07) is 19.7. The molecule has 2 aliphatic heterocycles. The van der Waals surface area contributed by atoms with Crippen LogP contribution in [-0.2, 0) is 37.2 Å². The summed E-state index contributed by atoms with van der Waals surface area (Å²) in [5.41, 5.74) is 1.82. The van der Waals surface area contributed by atoms with Crippen LogP contribution >= 0.6 is 0 Å². The van der Waals surface area contributed by atoms with Gasteiger partial charge in [0.2, 0.25) is 27.7 Å². The summed E-state index contributed by atoms with van der Waals surface area (Å²) < 4.78 is 31.2. The van der Waals surface area contributed by atoms with Gasteiger partial charge in [-0.1, -0.05) is 62.4 Å². The molecule has 3 atom stereocenters. The van der Waals surface area contributed by atoms with E-state index in [0.717, 1.165) is 11.8 Å². The van der Waals surface area contributed by atoms with Gasteiger partial charge >= 0.3 is 0 Å². The number of hydrogen-bond acceptors (Lipinski definition) is 7. The highest BCUT2D eigenvalue weighted by atomic mass is 32.2. The van der Waals surface area contributed by atoms with Gasteiger partial charge in [0.15, 0.2) is 0 Å². The Bertz CT molecular complexity index is 1660. The Hall–Kier alpha value is -4.75. The molecule has 0 unspecified atom stereocenters. The molecule has 0 spiro atoms. The first-order chi connectivity index (χ1) is 22.4. The number of nitrogens with one attached hydrogen (secondary N) is 5. The summed E-state index contributed by atoms with van der Waals surface area (Å²) in [5, 5.41) is 11.1. The Morgan fingerprint density at radius 2 is 1.55 bits per heavy atom. The van der Waals surface area contributed by atoms with E-state index in [-0.39, 0.29) is 38.3 Å². The SMILES string of the molecule is CC(C)C[C@@H]1NC(=O)[C@@H](Cc2ccccc2)NC(=O)c2cccc(c2)Oc2ccc(cc2)C[C@@H](C(=O)NCCNS(C)(=O)=O)NC1=O. The van der Waals surface area contributed by atoms with Crippen molar-refractivity contribution in [2.75, 3.05) is 19.3 Å². The van der Waals surface area contributed by atoms with Crippen molar-refractivity contribution in [3.05, 3.63) is 95.6 Å². The average molecular weight is 664 g/mol. The summed E-state index contributed by atoms with van der Waals surface area (Å²) in [7, 11) is -3.45. The molecule has 2 aliphatic rings. The van der Waals surface area contributed by atoms with E-state index >= 15 is 0 Å². The van der Waals surface area contributed by atoms with Gasteiger partial charge in [-0.2, -0.15) is 0 Å². The summed E-state index contributed by atoms with van der Waals surface area (Å²) in [4.78, 5) is 54.3. The molecule has 12 nitrogen and oxygen atoms in total. The lowest BCUT2D eigenvalue weighted by atomic mass is 9.99. The van der Waals surface area contributed by atoms with Crippen LogP contribution in [0.3, 0.4) is 0 Å². The Kier molecular flexibility index (Phi) is 12.1. The maximum Gasteiger partial charge on any atom is 0.252 e. The van der Waals surface area contributed by atoms with Crippen LogP contribution in [0.2, 0.25) is 0 Å². The predicted octanol–water partition coefficient (Wildman–Crippen LogP) is 2.06. The fraction of sp³-hybridized carbons (Fsp3) is 0.353. The lowest BCUT2D eigenvalue weighted by molar-refractivity contribution is -0.132. The van der Waals surface area contributed by atoms with Gasteiger partial charge in [-0.15, -0.1) is 0 Å². The zero-order valence-corrected chi connectivity index (χ0v) is 27.4. The monoisotopic (exact) mass is 663 g/mol. The molecule has 47 heavy (non-hydrogen) atoms. The van der Waals surface area contributed by atoms with Crippen LogP contribution < -0.4 is 30.7 Å². The van der Waals surface area contributed by atoms with Crippen LogP contribution in [0.1, 0.15) is 41.8 Å². The van der Waals surface area contributed by atoms with Crippen molar-refractivity contribution >= 4 is 33.7 Å². The highest BCUT2D eigenvalue weighted by Crippen LogP contribution is 2.23. The molecular weight excluding hydrogens is 622 g/mol. The first-order valence-electron chi connectivity index (χ1n) is 15.4. The second kappa shape index (κ2) is 16.2. The molecule has 4 amide bonds. The summed E-state index contributed by atoms with van der Waals surface area (Å²) in [6.45, 7) is 3.78. The fourth-order valence-electron chi connectivity index (χ4n) is 5.07. The number of benzene rings is 3. The van der Waals surface area contributed by atoms with Crippen LogP contribution in [0.15, 0.2) is 78.9 Å². The highest BCUT2D eigenvalue weighted by molar-refractivity contribution is 7.88. The van der Waals surface area contributed by atoms with E-state index in [2.05, 4.69) is 26.0 Å². The van der Waals surface area contributed by atoms with E-state index in [1.165, 1.54) is 0 Å². The normalized spacial score (nSPS) is 19.1. The molecule has 0 saturated heterocycles. The van der Waals surface area contributed by atoms with Crippen LogP contribution in [0, 0.1) is 5.92 Å². The van der Waals surface area contributed by atoms with Crippen molar-refractivity contribution in [1.82, 2.24) is 26.0 Å². The second-order valence-electron chi connectivity index (χ2n) is 11.9. The zero-order chi connectivity index (χ0) is 34.0. The lowest BCUT2D eigenvalue weighted by Crippen LogP contribution is -2.58. The molecular formula is C34H41N5O7S. The summed E-state index contributed by atoms with van der Waals surface area (Å²) in [5.74, 6) is -1.24. The van der Waals surface area contributed by atoms with Crippen LogP contribution in [-0.4, -0.2) is 69.5 Å². The minimum atomic E-state index is -3.45. The Morgan fingerprint density at radius 3 is 2.23 bits per heavy atom. The number of carbonyl (C=O) groups excluding carboxylic acids is 4. The Labute approximate surface area is 275 Å². The molecule has 3 aromatic rings. The number of ether oxygens (including phenoxy) is 1. The zero-order valence-electron chi connectivity index (χ0n) is 26.6. The molecule has 13 heteroatoms. The quantitative estimate of drug-likeness (QED) is 0.172. The summed E-state index contributed by atoms with van der Waals surface area (Å²) >= 11 is 0. The fourth-order valence-corrected chi connectivity index (χ4v) is 5.54. The van der Waals surface area contributed by atoms with E-state index in [1.54, 1.807) is 48.5 Å². The number of hydrogen-bond donors (Lipinski definition) is 5. The van der Waals surface area contributed by atoms with Gasteiger partial charge in [-0.3, -0.25) is 19.2 Å². The molecule has 250 valence electrons. The molecule has 5 rings (SSSR count). The van der Waals surface area contributed by atoms with Gasteiger partial charge in [-0.05, 0) is 53.8 Å². The molecule has 0 saturated carbocycles. The molecule has 4 bridgehead atoms. The van der Waals surface area contributed by atoms with E-state index < -0.39 is 51.8 Å². The molecule has 5 N–H and O–H groups in total. The highest BCUT2D eigenvalue weighted by Gasteiger charge is 2.31. The minimum absolute atomic E-state index is 0.00284. The molecule has 3 aromatic carbocycles. The van der Waals surface area contributed by atoms with Crippen molar-refractivity contribution in [2.45, 2.75) is 51.2 Å². The number of amides is 4. The maximum absolute atomic E-state index is 13.8. The van der Waals surface area contributed by atoms with Gasteiger partial charge in [0.05, 0.1) is 6.26 Å². The molecule has 2 heterocycles. The Balaban J connectivity index is 1.67. The third kappa shape index (κ3) is 11.2. The molecule has 0 aromatic heterocycles. The maximum atomic E-state index is 13.8. The third-order valence-electron chi connectivity index (χ3n) is 7.36. The van der Waals surface area contributed by atoms with Crippen molar-refractivity contribution in [3.8, 4) is 11.5 Å². The average Bonchev–Trinajstić information content (AvgIpc) is 3.02. The molecule has 0 aliphatic carbocycles. The van der Waals surface area contributed by atoms with Gasteiger partial charge in [0.25, 0.3) is 5.91 Å². The first kappa shape index (κ1) is 35.1. The number of rotatable bonds is 9. The van der Waals surface area contributed by atoms with Gasteiger partial charge in [-0.25, -0.2) is 13.1 Å². The lowest BCUT2D eigenvalue weighted by Gasteiger charge is -2.26. The standard InChI is InChI=1S/C34H41N5O7S/c1-22(2)18-28-33(42)39-29(32(41)35-16-17-36-47(3,44)45)20-24-12-14-26(15-13-24)46-27-11-7-10-25(21-27)31(40)37-30(34(43)38-28)19-23-8-5-4-6-9-23/h4-15,21-22,28-30,36H,16-20H2,1-3H3,(H,35,41)(H,37,40)(H,38,43)(H,39,42)/t28-,29-,30+/m0/s1. The Morgan fingerprint density at radius 1 is 0.851 bits per heavy atom. The minimum Gasteiger partial charge on any atom is -0.457 e. The van der Waals surface area contributed by atoms with E-state index in [4.69, 9.17) is 4.74 Å². The predicted molar refractivity (Wildman–Crippen MR) is 177 cm³/mol. The van der Waals surface area contributed by atoms with E-state index in [0.29, 0.717) is 22.6 Å². The number of fused-ring (bicyclic) bond motifs is 11. The van der Waals surface area contributed by atoms with Crippen LogP contribution in [0.5, 0.6) is 11.5 Å². The van der Waals surface area contributed by atoms with Gasteiger partial charge in [0.1, 0.15) is 29.6 Å². The largest absolute Gasteiger partial charge is 0.457 e. The smallest absolute Gasteiger partial charge is 0.252 e. The van der Waals surface area contributed by atoms with Crippen LogP contribution in [0.4, 0.5) is 0 Å².